The topological polar surface area (TPSA) is 76.7 Å². The van der Waals surface area contributed by atoms with Crippen LogP contribution in [-0.4, -0.2) is 25.5 Å². The Labute approximate surface area is 165 Å². The Balaban J connectivity index is 1.72. The number of benzene rings is 2. The molecule has 2 aromatic rings. The summed E-state index contributed by atoms with van der Waals surface area (Å²) in [4.78, 5) is 23.6. The molecule has 0 aromatic heterocycles. The third-order valence-electron chi connectivity index (χ3n) is 4.30. The average molecular weight is 382 g/mol. The predicted octanol–water partition coefficient (Wildman–Crippen LogP) is 3.45. The third kappa shape index (κ3) is 6.79. The van der Waals surface area contributed by atoms with Crippen LogP contribution in [0.25, 0.3) is 6.08 Å². The first-order chi connectivity index (χ1) is 13.5. The second-order valence-electron chi connectivity index (χ2n) is 6.31. The minimum atomic E-state index is -0.447. The number of methoxy groups -OCH3 is 1. The number of hydrazine groups is 1. The van der Waals surface area contributed by atoms with Crippen LogP contribution in [0.1, 0.15) is 37.3 Å². The lowest BCUT2D eigenvalue weighted by Gasteiger charge is -2.11. The van der Waals surface area contributed by atoms with Gasteiger partial charge in [-0.1, -0.05) is 38.1 Å². The molecule has 1 atom stereocenters. The van der Waals surface area contributed by atoms with E-state index in [1.165, 1.54) is 11.6 Å². The van der Waals surface area contributed by atoms with Gasteiger partial charge in [0.25, 0.3) is 11.8 Å². The first kappa shape index (κ1) is 21.0. The van der Waals surface area contributed by atoms with Gasteiger partial charge in [-0.15, -0.1) is 0 Å². The average Bonchev–Trinajstić information content (AvgIpc) is 2.74. The van der Waals surface area contributed by atoms with Crippen LogP contribution in [0.5, 0.6) is 11.5 Å². The molecule has 0 saturated carbocycles. The zero-order valence-electron chi connectivity index (χ0n) is 16.4. The van der Waals surface area contributed by atoms with Crippen LogP contribution < -0.4 is 20.3 Å². The Morgan fingerprint density at radius 1 is 1.00 bits per heavy atom. The van der Waals surface area contributed by atoms with Crippen LogP contribution in [0.2, 0.25) is 0 Å². The van der Waals surface area contributed by atoms with E-state index in [2.05, 4.69) is 24.7 Å². The monoisotopic (exact) mass is 382 g/mol. The van der Waals surface area contributed by atoms with Crippen molar-refractivity contribution in [2.75, 3.05) is 13.7 Å². The number of ether oxygens (including phenoxy) is 2. The number of hydrogen-bond donors (Lipinski definition) is 2. The van der Waals surface area contributed by atoms with Crippen LogP contribution in [0.4, 0.5) is 0 Å². The van der Waals surface area contributed by atoms with Gasteiger partial charge in [-0.2, -0.15) is 0 Å². The van der Waals surface area contributed by atoms with Crippen molar-refractivity contribution < 1.29 is 19.1 Å². The highest BCUT2D eigenvalue weighted by molar-refractivity contribution is 5.93. The molecular weight excluding hydrogens is 356 g/mol. The molecule has 0 radical (unpaired) electrons. The highest BCUT2D eigenvalue weighted by Gasteiger charge is 2.06. The normalized spacial score (nSPS) is 11.7. The van der Waals surface area contributed by atoms with Gasteiger partial charge in [0.05, 0.1) is 7.11 Å². The highest BCUT2D eigenvalue weighted by atomic mass is 16.5. The summed E-state index contributed by atoms with van der Waals surface area (Å²) in [5, 5.41) is 0. The van der Waals surface area contributed by atoms with Crippen molar-refractivity contribution in [2.24, 2.45) is 0 Å². The van der Waals surface area contributed by atoms with Crippen molar-refractivity contribution in [3.63, 3.8) is 0 Å². The van der Waals surface area contributed by atoms with Crippen molar-refractivity contribution >= 4 is 17.9 Å². The fourth-order valence-corrected chi connectivity index (χ4v) is 2.37. The second kappa shape index (κ2) is 10.8. The number of carbonyl (C=O) groups is 2. The molecular formula is C22H26N2O4. The van der Waals surface area contributed by atoms with E-state index in [1.807, 2.05) is 36.4 Å². The van der Waals surface area contributed by atoms with Crippen LogP contribution >= 0.6 is 0 Å². The minimum Gasteiger partial charge on any atom is -0.497 e. The summed E-state index contributed by atoms with van der Waals surface area (Å²) in [5.41, 5.74) is 6.70. The number of amides is 2. The van der Waals surface area contributed by atoms with E-state index in [-0.39, 0.29) is 6.61 Å². The minimum absolute atomic E-state index is 0.189. The molecule has 2 amide bonds. The largest absolute Gasteiger partial charge is 0.497 e. The maximum atomic E-state index is 11.8. The van der Waals surface area contributed by atoms with Gasteiger partial charge in [-0.25, -0.2) is 0 Å². The van der Waals surface area contributed by atoms with E-state index in [0.717, 1.165) is 17.7 Å². The molecule has 6 nitrogen and oxygen atoms in total. The Hall–Kier alpha value is -3.28. The van der Waals surface area contributed by atoms with Crippen LogP contribution in [-0.2, 0) is 9.59 Å². The SMILES string of the molecule is CCC(C)c1ccc(OCC(=O)NNC(=O)C=Cc2ccc(OC)cc2)cc1. The Morgan fingerprint density at radius 2 is 1.64 bits per heavy atom. The van der Waals surface area contributed by atoms with Crippen LogP contribution in [0.3, 0.4) is 0 Å². The van der Waals surface area contributed by atoms with Crippen molar-refractivity contribution in [1.29, 1.82) is 0 Å². The van der Waals surface area contributed by atoms with E-state index in [9.17, 15) is 9.59 Å². The van der Waals surface area contributed by atoms with Gasteiger partial charge in [0.2, 0.25) is 0 Å². The summed E-state index contributed by atoms with van der Waals surface area (Å²) in [5.74, 6) is 0.939. The van der Waals surface area contributed by atoms with E-state index in [0.29, 0.717) is 11.7 Å². The summed E-state index contributed by atoms with van der Waals surface area (Å²) >= 11 is 0. The molecule has 28 heavy (non-hydrogen) atoms. The summed E-state index contributed by atoms with van der Waals surface area (Å²) in [6.07, 6.45) is 4.03. The van der Waals surface area contributed by atoms with Crippen molar-refractivity contribution in [3.8, 4) is 11.5 Å². The van der Waals surface area contributed by atoms with E-state index < -0.39 is 11.8 Å². The van der Waals surface area contributed by atoms with Crippen molar-refractivity contribution in [2.45, 2.75) is 26.2 Å². The Bertz CT molecular complexity index is 798. The first-order valence-corrected chi connectivity index (χ1v) is 9.15. The zero-order chi connectivity index (χ0) is 20.4. The van der Waals surface area contributed by atoms with Crippen LogP contribution in [0.15, 0.2) is 54.6 Å². The third-order valence-corrected chi connectivity index (χ3v) is 4.30. The first-order valence-electron chi connectivity index (χ1n) is 9.15. The summed E-state index contributed by atoms with van der Waals surface area (Å²) in [6.45, 7) is 4.11. The van der Waals surface area contributed by atoms with Crippen LogP contribution in [0, 0.1) is 0 Å². The molecule has 6 heteroatoms. The number of rotatable bonds is 8. The lowest BCUT2D eigenvalue weighted by molar-refractivity contribution is -0.128. The maximum absolute atomic E-state index is 11.8. The smallest absolute Gasteiger partial charge is 0.276 e. The van der Waals surface area contributed by atoms with Gasteiger partial charge in [-0.3, -0.25) is 20.4 Å². The van der Waals surface area contributed by atoms with Gasteiger partial charge >= 0.3 is 0 Å². The van der Waals surface area contributed by atoms with Gasteiger partial charge in [-0.05, 0) is 53.8 Å². The lowest BCUT2D eigenvalue weighted by Crippen LogP contribution is -2.43. The molecule has 0 bridgehead atoms. The molecule has 148 valence electrons. The molecule has 0 heterocycles. The Kier molecular flexibility index (Phi) is 8.09. The van der Waals surface area contributed by atoms with Gasteiger partial charge in [0, 0.05) is 6.08 Å². The molecule has 2 N–H and O–H groups in total. The number of hydrogen-bond acceptors (Lipinski definition) is 4. The Morgan fingerprint density at radius 3 is 2.25 bits per heavy atom. The second-order valence-corrected chi connectivity index (χ2v) is 6.31. The van der Waals surface area contributed by atoms with E-state index in [1.54, 1.807) is 25.3 Å². The number of nitrogens with one attached hydrogen (secondary N) is 2. The van der Waals surface area contributed by atoms with E-state index in [4.69, 9.17) is 9.47 Å². The molecule has 0 aliphatic carbocycles. The molecule has 0 aliphatic rings. The summed E-state index contributed by atoms with van der Waals surface area (Å²) in [7, 11) is 1.59. The van der Waals surface area contributed by atoms with Gasteiger partial charge < -0.3 is 9.47 Å². The maximum Gasteiger partial charge on any atom is 0.276 e. The zero-order valence-corrected chi connectivity index (χ0v) is 16.4. The van der Waals surface area contributed by atoms with Crippen molar-refractivity contribution in [1.82, 2.24) is 10.9 Å². The fourth-order valence-electron chi connectivity index (χ4n) is 2.37. The fraction of sp³-hybridized carbons (Fsp3) is 0.273. The quantitative estimate of drug-likeness (QED) is 0.542. The summed E-state index contributed by atoms with van der Waals surface area (Å²) < 4.78 is 10.5. The molecule has 0 saturated heterocycles. The standard InChI is InChI=1S/C22H26N2O4/c1-4-16(2)18-8-12-20(13-9-18)28-15-22(26)24-23-21(25)14-7-17-5-10-19(27-3)11-6-17/h5-14,16H,4,15H2,1-3H3,(H,23,25)(H,24,26). The molecule has 1 unspecified atom stereocenters. The highest BCUT2D eigenvalue weighted by Crippen LogP contribution is 2.21. The summed E-state index contributed by atoms with van der Waals surface area (Å²) in [6, 6.07) is 14.9. The predicted molar refractivity (Wildman–Crippen MR) is 109 cm³/mol. The number of carbonyl (C=O) groups excluding carboxylic acids is 2. The van der Waals surface area contributed by atoms with Gasteiger partial charge in [0.15, 0.2) is 6.61 Å². The molecule has 0 fully saturated rings. The lowest BCUT2D eigenvalue weighted by atomic mass is 9.99. The molecule has 0 spiro atoms. The molecule has 2 aromatic carbocycles. The molecule has 2 rings (SSSR count). The van der Waals surface area contributed by atoms with Crippen molar-refractivity contribution in [3.05, 3.63) is 65.7 Å². The van der Waals surface area contributed by atoms with Gasteiger partial charge in [0.1, 0.15) is 11.5 Å². The van der Waals surface area contributed by atoms with E-state index >= 15 is 0 Å². The molecule has 0 aliphatic heterocycles.